The number of aromatic nitrogens is 1. The maximum Gasteiger partial charge on any atom is 0.206 e. The summed E-state index contributed by atoms with van der Waals surface area (Å²) in [5, 5.41) is 53.4. The van der Waals surface area contributed by atoms with Gasteiger partial charge in [0.05, 0.1) is 11.1 Å². The SMILES string of the molecule is CC(C)(C)NC1CCN(c2c(C#N)c(Cl)nc3c(O)c(O)c(O)c(O)c23)CC1. The van der Waals surface area contributed by atoms with Crippen LogP contribution in [0.1, 0.15) is 39.2 Å². The number of hydrogen-bond donors (Lipinski definition) is 5. The Labute approximate surface area is 167 Å². The number of phenolic OH excluding ortho intramolecular Hbond substituents is 4. The lowest BCUT2D eigenvalue weighted by Gasteiger charge is -2.38. The van der Waals surface area contributed by atoms with Gasteiger partial charge in [-0.25, -0.2) is 4.98 Å². The average molecular weight is 407 g/mol. The highest BCUT2D eigenvalue weighted by Gasteiger charge is 2.30. The maximum atomic E-state index is 10.4. The molecule has 150 valence electrons. The molecule has 3 rings (SSSR count). The standard InChI is InChI=1S/C19H23ClN4O4/c1-19(2,3)23-9-4-6-24(7-5-9)13-10(8-21)18(20)22-12-11(13)14(25)16(27)17(28)15(12)26/h9,23,25-28H,4-7H2,1-3H3. The normalized spacial score (nSPS) is 15.8. The maximum absolute atomic E-state index is 10.4. The topological polar surface area (TPSA) is 133 Å². The van der Waals surface area contributed by atoms with E-state index in [1.807, 2.05) is 11.0 Å². The van der Waals surface area contributed by atoms with Gasteiger partial charge in [-0.3, -0.25) is 0 Å². The minimum Gasteiger partial charge on any atom is -0.504 e. The fraction of sp³-hybridized carbons (Fsp3) is 0.474. The van der Waals surface area contributed by atoms with Gasteiger partial charge in [0.15, 0.2) is 11.5 Å². The molecule has 1 fully saturated rings. The van der Waals surface area contributed by atoms with E-state index in [1.165, 1.54) is 0 Å². The van der Waals surface area contributed by atoms with Crippen LogP contribution >= 0.6 is 11.6 Å². The zero-order valence-electron chi connectivity index (χ0n) is 15.9. The molecule has 0 amide bonds. The number of pyridine rings is 1. The Bertz CT molecular complexity index is 973. The van der Waals surface area contributed by atoms with Crippen LogP contribution in [-0.2, 0) is 0 Å². The van der Waals surface area contributed by atoms with Crippen molar-refractivity contribution in [1.29, 1.82) is 5.26 Å². The number of nitriles is 1. The molecule has 1 aliphatic rings. The highest BCUT2D eigenvalue weighted by atomic mass is 35.5. The van der Waals surface area contributed by atoms with Crippen molar-refractivity contribution in [1.82, 2.24) is 10.3 Å². The number of nitrogens with one attached hydrogen (secondary N) is 1. The van der Waals surface area contributed by atoms with Crippen LogP contribution in [0.3, 0.4) is 0 Å². The molecule has 0 unspecified atom stereocenters. The molecule has 8 nitrogen and oxygen atoms in total. The van der Waals surface area contributed by atoms with Crippen molar-refractivity contribution < 1.29 is 20.4 Å². The van der Waals surface area contributed by atoms with E-state index in [0.29, 0.717) is 19.1 Å². The average Bonchev–Trinajstić information content (AvgIpc) is 2.63. The molecule has 0 bridgehead atoms. The molecule has 1 aromatic carbocycles. The Morgan fingerprint density at radius 1 is 1.07 bits per heavy atom. The first-order chi connectivity index (χ1) is 13.0. The van der Waals surface area contributed by atoms with Gasteiger partial charge < -0.3 is 30.6 Å². The fourth-order valence-electron chi connectivity index (χ4n) is 3.67. The van der Waals surface area contributed by atoms with Crippen molar-refractivity contribution in [2.24, 2.45) is 0 Å². The molecule has 0 spiro atoms. The van der Waals surface area contributed by atoms with Gasteiger partial charge in [-0.15, -0.1) is 0 Å². The summed E-state index contributed by atoms with van der Waals surface area (Å²) in [5.41, 5.74) is 0.123. The smallest absolute Gasteiger partial charge is 0.206 e. The number of phenols is 4. The number of nitrogens with zero attached hydrogens (tertiary/aromatic N) is 3. The lowest BCUT2D eigenvalue weighted by atomic mass is 9.98. The van der Waals surface area contributed by atoms with Crippen molar-refractivity contribution in [3.63, 3.8) is 0 Å². The lowest BCUT2D eigenvalue weighted by molar-refractivity contribution is 0.317. The van der Waals surface area contributed by atoms with Gasteiger partial charge in [-0.1, -0.05) is 11.6 Å². The van der Waals surface area contributed by atoms with Gasteiger partial charge in [0.25, 0.3) is 0 Å². The zero-order valence-corrected chi connectivity index (χ0v) is 16.7. The molecule has 0 radical (unpaired) electrons. The second kappa shape index (κ2) is 7.08. The molecule has 0 atom stereocenters. The Hall–Kier alpha value is -2.63. The van der Waals surface area contributed by atoms with Gasteiger partial charge in [0.1, 0.15) is 22.3 Å². The summed E-state index contributed by atoms with van der Waals surface area (Å²) in [6.07, 6.45) is 1.58. The second-order valence-corrected chi connectivity index (χ2v) is 8.37. The number of halogens is 1. The Morgan fingerprint density at radius 3 is 2.18 bits per heavy atom. The van der Waals surface area contributed by atoms with E-state index in [0.717, 1.165) is 12.8 Å². The summed E-state index contributed by atoms with van der Waals surface area (Å²) < 4.78 is 0. The van der Waals surface area contributed by atoms with Crippen molar-refractivity contribution >= 4 is 28.2 Å². The predicted octanol–water partition coefficient (Wildman–Crippen LogP) is 2.94. The number of hydrogen-bond acceptors (Lipinski definition) is 8. The minimum absolute atomic E-state index is 0.0176. The van der Waals surface area contributed by atoms with Crippen LogP contribution in [0.25, 0.3) is 10.9 Å². The number of rotatable bonds is 2. The van der Waals surface area contributed by atoms with E-state index >= 15 is 0 Å². The number of anilines is 1. The van der Waals surface area contributed by atoms with E-state index in [1.54, 1.807) is 0 Å². The summed E-state index contributed by atoms with van der Waals surface area (Å²) in [6.45, 7) is 7.43. The monoisotopic (exact) mass is 406 g/mol. The molecule has 9 heteroatoms. The first kappa shape index (κ1) is 20.1. The van der Waals surface area contributed by atoms with Gasteiger partial charge >= 0.3 is 0 Å². The summed E-state index contributed by atoms with van der Waals surface area (Å²) in [5.74, 6) is -3.13. The Kier molecular flexibility index (Phi) is 5.08. The van der Waals surface area contributed by atoms with Crippen LogP contribution in [0.15, 0.2) is 0 Å². The fourth-order valence-corrected chi connectivity index (χ4v) is 3.89. The summed E-state index contributed by atoms with van der Waals surface area (Å²) in [4.78, 5) is 5.83. The summed E-state index contributed by atoms with van der Waals surface area (Å²) >= 11 is 6.15. The number of aromatic hydroxyl groups is 4. The van der Waals surface area contributed by atoms with Gasteiger partial charge in [0, 0.05) is 24.7 Å². The molecule has 0 saturated carbocycles. The van der Waals surface area contributed by atoms with Crippen LogP contribution in [0.5, 0.6) is 23.0 Å². The first-order valence-electron chi connectivity index (χ1n) is 8.97. The van der Waals surface area contributed by atoms with Gasteiger partial charge in [0.2, 0.25) is 11.5 Å². The molecule has 2 heterocycles. The number of fused-ring (bicyclic) bond motifs is 1. The molecule has 1 aliphatic heterocycles. The quantitative estimate of drug-likeness (QED) is 0.292. The highest BCUT2D eigenvalue weighted by Crippen LogP contribution is 2.52. The zero-order chi connectivity index (χ0) is 20.8. The van der Waals surface area contributed by atoms with E-state index in [-0.39, 0.29) is 32.8 Å². The van der Waals surface area contributed by atoms with Crippen molar-refractivity contribution in [2.45, 2.75) is 45.2 Å². The van der Waals surface area contributed by atoms with Crippen LogP contribution in [0, 0.1) is 11.3 Å². The van der Waals surface area contributed by atoms with Crippen molar-refractivity contribution in [3.8, 4) is 29.1 Å². The molecule has 1 saturated heterocycles. The third-order valence-corrected chi connectivity index (χ3v) is 5.09. The van der Waals surface area contributed by atoms with Crippen LogP contribution in [-0.4, -0.2) is 50.1 Å². The van der Waals surface area contributed by atoms with E-state index in [2.05, 4.69) is 31.1 Å². The molecular weight excluding hydrogens is 384 g/mol. The van der Waals surface area contributed by atoms with Gasteiger partial charge in [-0.05, 0) is 33.6 Å². The summed E-state index contributed by atoms with van der Waals surface area (Å²) in [7, 11) is 0. The third-order valence-electron chi connectivity index (χ3n) is 4.82. The largest absolute Gasteiger partial charge is 0.504 e. The van der Waals surface area contributed by atoms with E-state index in [4.69, 9.17) is 11.6 Å². The molecule has 5 N–H and O–H groups in total. The van der Waals surface area contributed by atoms with Crippen molar-refractivity contribution in [3.05, 3.63) is 10.7 Å². The van der Waals surface area contributed by atoms with Crippen molar-refractivity contribution in [2.75, 3.05) is 18.0 Å². The molecule has 0 aliphatic carbocycles. The molecule has 1 aromatic heterocycles. The van der Waals surface area contributed by atoms with E-state index < -0.39 is 23.0 Å². The van der Waals surface area contributed by atoms with Gasteiger partial charge in [-0.2, -0.15) is 5.26 Å². The molecule has 2 aromatic rings. The van der Waals surface area contributed by atoms with E-state index in [9.17, 15) is 25.7 Å². The third kappa shape index (κ3) is 3.43. The number of piperidine rings is 1. The molecular formula is C19H23ClN4O4. The lowest BCUT2D eigenvalue weighted by Crippen LogP contribution is -2.49. The van der Waals surface area contributed by atoms with Crippen LogP contribution in [0.2, 0.25) is 5.15 Å². The Morgan fingerprint density at radius 2 is 1.64 bits per heavy atom. The molecule has 28 heavy (non-hydrogen) atoms. The summed E-state index contributed by atoms with van der Waals surface area (Å²) in [6, 6.07) is 2.29. The Balaban J connectivity index is 2.12. The predicted molar refractivity (Wildman–Crippen MR) is 106 cm³/mol. The van der Waals surface area contributed by atoms with Crippen LogP contribution < -0.4 is 10.2 Å². The highest BCUT2D eigenvalue weighted by molar-refractivity contribution is 6.32. The first-order valence-corrected chi connectivity index (χ1v) is 9.34. The second-order valence-electron chi connectivity index (χ2n) is 8.01. The number of benzene rings is 1. The minimum atomic E-state index is -0.891. The van der Waals surface area contributed by atoms with Crippen LogP contribution in [0.4, 0.5) is 5.69 Å².